The highest BCUT2D eigenvalue weighted by Gasteiger charge is 2.28. The summed E-state index contributed by atoms with van der Waals surface area (Å²) in [7, 11) is 0. The molecular formula is C57H37N7. The van der Waals surface area contributed by atoms with Crippen molar-refractivity contribution in [2.45, 2.75) is 12.8 Å². The molecule has 0 atom stereocenters. The van der Waals surface area contributed by atoms with Crippen molar-refractivity contribution in [1.29, 1.82) is 0 Å². The number of fused-ring (bicyclic) bond motifs is 14. The number of rotatable bonds is 5. The van der Waals surface area contributed by atoms with Crippen molar-refractivity contribution < 1.29 is 0 Å². The molecule has 0 amide bonds. The number of nitrogens with zero attached hydrogens (tertiary/aromatic N) is 7. The molecule has 7 nitrogen and oxygen atoms in total. The second kappa shape index (κ2) is 13.5. The van der Waals surface area contributed by atoms with Gasteiger partial charge >= 0.3 is 0 Å². The molecule has 5 heterocycles. The maximum Gasteiger partial charge on any atom is 0.240 e. The molecule has 8 aromatic carbocycles. The summed E-state index contributed by atoms with van der Waals surface area (Å²) in [6.07, 6.45) is 6.40. The Morgan fingerprint density at radius 3 is 1.52 bits per heavy atom. The van der Waals surface area contributed by atoms with Gasteiger partial charge in [-0.2, -0.15) is 15.0 Å². The van der Waals surface area contributed by atoms with Gasteiger partial charge in [0.05, 0.1) is 38.6 Å². The molecule has 7 heteroatoms. The fourth-order valence-corrected chi connectivity index (χ4v) is 10.7. The molecule has 13 aromatic rings. The van der Waals surface area contributed by atoms with Crippen LogP contribution in [-0.2, 0) is 6.42 Å². The van der Waals surface area contributed by atoms with Crippen LogP contribution in [0.15, 0.2) is 194 Å². The van der Waals surface area contributed by atoms with Gasteiger partial charge in [-0.25, -0.2) is 0 Å². The third kappa shape index (κ3) is 4.89. The van der Waals surface area contributed by atoms with Crippen molar-refractivity contribution in [2.24, 2.45) is 0 Å². The lowest BCUT2D eigenvalue weighted by atomic mass is 10.0. The normalized spacial score (nSPS) is 12.8. The molecule has 0 saturated carbocycles. The van der Waals surface area contributed by atoms with Gasteiger partial charge in [-0.15, -0.1) is 0 Å². The fraction of sp³-hybridized carbons (Fsp3) is 0.0351. The van der Waals surface area contributed by atoms with Gasteiger partial charge < -0.3 is 9.13 Å². The van der Waals surface area contributed by atoms with Crippen LogP contribution in [0.3, 0.4) is 0 Å². The minimum Gasteiger partial charge on any atom is -0.309 e. The highest BCUT2D eigenvalue weighted by molar-refractivity contribution is 6.26. The summed E-state index contributed by atoms with van der Waals surface area (Å²) in [5.41, 5.74) is 13.4. The maximum atomic E-state index is 5.62. The van der Waals surface area contributed by atoms with Gasteiger partial charge in [0.2, 0.25) is 11.9 Å². The van der Waals surface area contributed by atoms with Gasteiger partial charge in [-0.05, 0) is 67.4 Å². The third-order valence-electron chi connectivity index (χ3n) is 13.3. The van der Waals surface area contributed by atoms with E-state index in [4.69, 9.17) is 15.0 Å². The summed E-state index contributed by atoms with van der Waals surface area (Å²) in [6.45, 7) is 0. The topological polar surface area (TPSA) is 58.4 Å². The van der Waals surface area contributed by atoms with Gasteiger partial charge in [-0.3, -0.25) is 9.13 Å². The molecule has 0 unspecified atom stereocenters. The van der Waals surface area contributed by atoms with Crippen LogP contribution < -0.4 is 0 Å². The first kappa shape index (κ1) is 35.1. The monoisotopic (exact) mass is 819 g/mol. The van der Waals surface area contributed by atoms with Crippen molar-refractivity contribution in [1.82, 2.24) is 33.2 Å². The fourth-order valence-electron chi connectivity index (χ4n) is 10.7. The minimum atomic E-state index is 0.570. The lowest BCUT2D eigenvalue weighted by Gasteiger charge is -2.15. The first-order chi connectivity index (χ1) is 31.8. The number of para-hydroxylation sites is 5. The highest BCUT2D eigenvalue weighted by atomic mass is 15.3. The largest absolute Gasteiger partial charge is 0.309 e. The van der Waals surface area contributed by atoms with Crippen molar-refractivity contribution >= 4 is 82.4 Å². The Hall–Kier alpha value is -8.55. The van der Waals surface area contributed by atoms with Crippen molar-refractivity contribution in [3.05, 3.63) is 205 Å². The zero-order valence-electron chi connectivity index (χ0n) is 34.6. The van der Waals surface area contributed by atoms with Crippen LogP contribution in [0.2, 0.25) is 0 Å². The lowest BCUT2D eigenvalue weighted by Crippen LogP contribution is -2.12. The van der Waals surface area contributed by atoms with Crippen LogP contribution in [0.4, 0.5) is 0 Å². The summed E-state index contributed by atoms with van der Waals surface area (Å²) < 4.78 is 9.42. The molecule has 0 spiro atoms. The smallest absolute Gasteiger partial charge is 0.240 e. The zero-order valence-corrected chi connectivity index (χ0v) is 34.6. The van der Waals surface area contributed by atoms with Gasteiger partial charge in [-0.1, -0.05) is 146 Å². The minimum absolute atomic E-state index is 0.570. The highest BCUT2D eigenvalue weighted by Crippen LogP contribution is 2.44. The maximum absolute atomic E-state index is 5.62. The van der Waals surface area contributed by atoms with E-state index in [9.17, 15) is 0 Å². The number of hydrogen-bond donors (Lipinski definition) is 0. The molecule has 5 aromatic heterocycles. The van der Waals surface area contributed by atoms with Crippen molar-refractivity contribution in [3.63, 3.8) is 0 Å². The summed E-state index contributed by atoms with van der Waals surface area (Å²) >= 11 is 0. The Morgan fingerprint density at radius 2 is 0.859 bits per heavy atom. The van der Waals surface area contributed by atoms with Crippen LogP contribution in [0.5, 0.6) is 0 Å². The first-order valence-corrected chi connectivity index (χ1v) is 21.9. The van der Waals surface area contributed by atoms with Crippen LogP contribution in [-0.4, -0.2) is 33.2 Å². The molecule has 1 aliphatic rings. The molecule has 0 N–H and O–H groups in total. The average Bonchev–Trinajstić information content (AvgIpc) is 4.09. The number of benzene rings is 8. The second-order valence-corrected chi connectivity index (χ2v) is 16.7. The van der Waals surface area contributed by atoms with Crippen LogP contribution in [0.25, 0.3) is 117 Å². The molecule has 0 bridgehead atoms. The Balaban J connectivity index is 1.12. The Morgan fingerprint density at radius 1 is 0.359 bits per heavy atom. The van der Waals surface area contributed by atoms with Gasteiger partial charge in [0.15, 0.2) is 5.82 Å². The second-order valence-electron chi connectivity index (χ2n) is 16.7. The van der Waals surface area contributed by atoms with Crippen LogP contribution in [0, 0.1) is 0 Å². The summed E-state index contributed by atoms with van der Waals surface area (Å²) in [6, 6.07) is 67.0. The molecule has 64 heavy (non-hydrogen) atoms. The van der Waals surface area contributed by atoms with Crippen LogP contribution >= 0.6 is 0 Å². The Kier molecular flexibility index (Phi) is 7.39. The van der Waals surface area contributed by atoms with E-state index < -0.39 is 0 Å². The predicted octanol–water partition coefficient (Wildman–Crippen LogP) is 13.7. The number of allylic oxidation sites excluding steroid dienone is 1. The lowest BCUT2D eigenvalue weighted by molar-refractivity contribution is 0.822. The molecular weight excluding hydrogens is 783 g/mol. The standard InChI is InChI=1S/C57H37N7/c1-4-18-36(19-5-1)55-58-56(63-48-31-17-13-27-44(48)52-50(63)35-33-41-39-24-10-14-28-45(39)62(53(41)52)38-22-8-3-9-23-38)60-57(59-55)64-46-29-15-11-25-40(46)42-32-34-49-51(54(42)64)43-26-12-16-30-47(43)61(49)37-20-6-2-7-21-37/h1-16,18-30,32-35H,17,31H2. The Labute approximate surface area is 367 Å². The van der Waals surface area contributed by atoms with E-state index in [0.29, 0.717) is 17.7 Å². The van der Waals surface area contributed by atoms with E-state index in [1.165, 1.54) is 43.8 Å². The zero-order chi connectivity index (χ0) is 41.9. The van der Waals surface area contributed by atoms with E-state index in [1.807, 2.05) is 6.07 Å². The number of hydrogen-bond acceptors (Lipinski definition) is 3. The van der Waals surface area contributed by atoms with Gasteiger partial charge in [0.1, 0.15) is 0 Å². The van der Waals surface area contributed by atoms with E-state index in [-0.39, 0.29) is 0 Å². The van der Waals surface area contributed by atoms with E-state index >= 15 is 0 Å². The first-order valence-electron chi connectivity index (χ1n) is 21.9. The molecule has 0 radical (unpaired) electrons. The summed E-state index contributed by atoms with van der Waals surface area (Å²) in [5.74, 6) is 1.78. The average molecular weight is 820 g/mol. The summed E-state index contributed by atoms with van der Waals surface area (Å²) in [5, 5.41) is 8.25. The van der Waals surface area contributed by atoms with Gasteiger partial charge in [0, 0.05) is 65.9 Å². The molecule has 0 saturated heterocycles. The molecule has 14 rings (SSSR count). The molecule has 0 fully saturated rings. The van der Waals surface area contributed by atoms with Crippen LogP contribution in [0.1, 0.15) is 17.7 Å². The summed E-state index contributed by atoms with van der Waals surface area (Å²) in [4.78, 5) is 16.5. The molecule has 1 aliphatic carbocycles. The van der Waals surface area contributed by atoms with Gasteiger partial charge in [0.25, 0.3) is 0 Å². The SMILES string of the molecule is C1=Cc2c(n(-c3nc(-c4ccccc4)nc(-n4c5ccccc5c5ccc6c(c7ccccc7n6-c6ccccc6)c54)n3)c3ccc4c5ccccc5n(-c5ccccc5)c4c23)CC1. The molecule has 300 valence electrons. The quantitative estimate of drug-likeness (QED) is 0.174. The van der Waals surface area contributed by atoms with E-state index in [1.54, 1.807) is 0 Å². The Bertz CT molecular complexity index is 4060. The third-order valence-corrected chi connectivity index (χ3v) is 13.3. The number of aromatic nitrogens is 7. The van der Waals surface area contributed by atoms with E-state index in [2.05, 4.69) is 212 Å². The van der Waals surface area contributed by atoms with Crippen molar-refractivity contribution in [2.75, 3.05) is 0 Å². The van der Waals surface area contributed by atoms with Crippen molar-refractivity contribution in [3.8, 4) is 34.7 Å². The van der Waals surface area contributed by atoms with E-state index in [0.717, 1.165) is 73.5 Å². The molecule has 0 aliphatic heterocycles. The predicted molar refractivity (Wildman–Crippen MR) is 262 cm³/mol.